The Labute approximate surface area is 149 Å². The Kier molecular flexibility index (Phi) is 4.77. The minimum absolute atomic E-state index is 0.757. The van der Waals surface area contributed by atoms with Crippen molar-refractivity contribution in [2.45, 2.75) is 19.6 Å². The number of rotatable bonds is 6. The highest BCUT2D eigenvalue weighted by atomic mass is 16.5. The van der Waals surface area contributed by atoms with Gasteiger partial charge in [0.05, 0.1) is 35.5 Å². The van der Waals surface area contributed by atoms with Crippen molar-refractivity contribution < 1.29 is 23.4 Å². The van der Waals surface area contributed by atoms with Gasteiger partial charge >= 0.3 is 0 Å². The Hall–Kier alpha value is -2.40. The summed E-state index contributed by atoms with van der Waals surface area (Å²) in [4.78, 5) is 0. The van der Waals surface area contributed by atoms with E-state index in [1.54, 1.807) is 28.4 Å². The fourth-order valence-corrected chi connectivity index (χ4v) is 3.67. The van der Waals surface area contributed by atoms with Crippen LogP contribution in [-0.4, -0.2) is 40.0 Å². The first-order valence-electron chi connectivity index (χ1n) is 8.30. The highest BCUT2D eigenvalue weighted by Gasteiger charge is 2.33. The molecule has 0 aromatic heterocycles. The Morgan fingerprint density at radius 1 is 0.720 bits per heavy atom. The molecule has 0 bridgehead atoms. The molecule has 25 heavy (non-hydrogen) atoms. The normalized spacial score (nSPS) is 14.8. The van der Waals surface area contributed by atoms with Crippen molar-refractivity contribution >= 4 is 0 Å². The molecule has 0 radical (unpaired) electrons. The third kappa shape index (κ3) is 3.37. The van der Waals surface area contributed by atoms with Gasteiger partial charge in [-0.2, -0.15) is 0 Å². The second kappa shape index (κ2) is 6.84. The van der Waals surface area contributed by atoms with E-state index in [4.69, 9.17) is 18.9 Å². The summed E-state index contributed by atoms with van der Waals surface area (Å²) in [7, 11) is 8.95. The Balaban J connectivity index is 1.84. The first-order chi connectivity index (χ1) is 12.0. The lowest BCUT2D eigenvalue weighted by Gasteiger charge is -2.29. The highest BCUT2D eigenvalue weighted by Crippen LogP contribution is 2.38. The molecule has 134 valence electrons. The van der Waals surface area contributed by atoms with Gasteiger partial charge in [0.1, 0.15) is 19.6 Å². The third-order valence-electron chi connectivity index (χ3n) is 4.82. The predicted octanol–water partition coefficient (Wildman–Crippen LogP) is 3.38. The SMILES string of the molecule is COc1ccc(C[N+]2(C)Cc3cc(OC)c(OC)cc3C2)cc1OC. The minimum atomic E-state index is 0.757. The van der Waals surface area contributed by atoms with Gasteiger partial charge in [-0.25, -0.2) is 0 Å². The Morgan fingerprint density at radius 3 is 1.68 bits per heavy atom. The number of quaternary nitrogens is 1. The third-order valence-corrected chi connectivity index (χ3v) is 4.82. The number of nitrogens with zero attached hydrogens (tertiary/aromatic N) is 1. The number of hydrogen-bond acceptors (Lipinski definition) is 4. The standard InChI is InChI=1S/C20H26NO4/c1-21(11-14-6-7-17(22-2)18(8-14)23-3)12-15-9-19(24-4)20(25-5)10-16(15)13-21/h6-10H,11-13H2,1-5H3/q+1. The molecule has 0 atom stereocenters. The van der Waals surface area contributed by atoms with E-state index in [0.717, 1.165) is 47.1 Å². The van der Waals surface area contributed by atoms with E-state index in [-0.39, 0.29) is 0 Å². The van der Waals surface area contributed by atoms with Crippen LogP contribution in [0.1, 0.15) is 16.7 Å². The van der Waals surface area contributed by atoms with Crippen LogP contribution in [0.3, 0.4) is 0 Å². The van der Waals surface area contributed by atoms with Crippen LogP contribution in [0.5, 0.6) is 23.0 Å². The molecule has 2 aromatic carbocycles. The quantitative estimate of drug-likeness (QED) is 0.753. The fourth-order valence-electron chi connectivity index (χ4n) is 3.67. The lowest BCUT2D eigenvalue weighted by atomic mass is 10.1. The number of fused-ring (bicyclic) bond motifs is 1. The molecule has 1 aliphatic rings. The van der Waals surface area contributed by atoms with E-state index < -0.39 is 0 Å². The van der Waals surface area contributed by atoms with Gasteiger partial charge in [0.15, 0.2) is 23.0 Å². The highest BCUT2D eigenvalue weighted by molar-refractivity contribution is 5.48. The molecule has 1 aliphatic heterocycles. The van der Waals surface area contributed by atoms with Crippen LogP contribution >= 0.6 is 0 Å². The second-order valence-corrected chi connectivity index (χ2v) is 6.76. The van der Waals surface area contributed by atoms with Crippen LogP contribution in [0, 0.1) is 0 Å². The number of benzene rings is 2. The number of ether oxygens (including phenoxy) is 4. The van der Waals surface area contributed by atoms with Crippen LogP contribution in [0.2, 0.25) is 0 Å². The van der Waals surface area contributed by atoms with Crippen molar-refractivity contribution in [3.63, 3.8) is 0 Å². The average Bonchev–Trinajstić information content (AvgIpc) is 2.94. The largest absolute Gasteiger partial charge is 0.493 e. The van der Waals surface area contributed by atoms with Crippen molar-refractivity contribution in [3.8, 4) is 23.0 Å². The van der Waals surface area contributed by atoms with E-state index in [1.807, 2.05) is 6.07 Å². The molecule has 0 N–H and O–H groups in total. The van der Waals surface area contributed by atoms with E-state index in [9.17, 15) is 0 Å². The summed E-state index contributed by atoms with van der Waals surface area (Å²) in [6.45, 7) is 2.84. The summed E-state index contributed by atoms with van der Waals surface area (Å²) in [6, 6.07) is 10.3. The van der Waals surface area contributed by atoms with Crippen LogP contribution in [0.4, 0.5) is 0 Å². The maximum atomic E-state index is 5.44. The summed E-state index contributed by atoms with van der Waals surface area (Å²) in [5.74, 6) is 3.11. The van der Waals surface area contributed by atoms with Crippen LogP contribution in [0.25, 0.3) is 0 Å². The van der Waals surface area contributed by atoms with Crippen molar-refractivity contribution in [1.82, 2.24) is 0 Å². The molecule has 0 unspecified atom stereocenters. The lowest BCUT2D eigenvalue weighted by Crippen LogP contribution is -2.37. The first-order valence-corrected chi connectivity index (χ1v) is 8.30. The summed E-state index contributed by atoms with van der Waals surface area (Å²) in [5.41, 5.74) is 3.87. The lowest BCUT2D eigenvalue weighted by molar-refractivity contribution is -0.941. The molecule has 5 heteroatoms. The van der Waals surface area contributed by atoms with Crippen molar-refractivity contribution in [1.29, 1.82) is 0 Å². The molecule has 0 saturated heterocycles. The maximum Gasteiger partial charge on any atom is 0.161 e. The maximum absolute atomic E-state index is 5.44. The molecule has 1 heterocycles. The number of hydrogen-bond donors (Lipinski definition) is 0. The molecule has 0 fully saturated rings. The zero-order valence-corrected chi connectivity index (χ0v) is 15.6. The Morgan fingerprint density at radius 2 is 1.20 bits per heavy atom. The van der Waals surface area contributed by atoms with Gasteiger partial charge in [0.2, 0.25) is 0 Å². The van der Waals surface area contributed by atoms with Gasteiger partial charge in [0.25, 0.3) is 0 Å². The summed E-state index contributed by atoms with van der Waals surface area (Å²) in [6.07, 6.45) is 0. The monoisotopic (exact) mass is 344 g/mol. The minimum Gasteiger partial charge on any atom is -0.493 e. The Bertz CT molecular complexity index is 740. The van der Waals surface area contributed by atoms with Gasteiger partial charge < -0.3 is 23.4 Å². The zero-order chi connectivity index (χ0) is 18.0. The van der Waals surface area contributed by atoms with Gasteiger partial charge in [-0.05, 0) is 30.3 Å². The van der Waals surface area contributed by atoms with Gasteiger partial charge in [-0.3, -0.25) is 0 Å². The zero-order valence-electron chi connectivity index (χ0n) is 15.6. The van der Waals surface area contributed by atoms with Crippen LogP contribution in [0.15, 0.2) is 30.3 Å². The predicted molar refractivity (Wildman–Crippen MR) is 96.4 cm³/mol. The fraction of sp³-hybridized carbons (Fsp3) is 0.400. The second-order valence-electron chi connectivity index (χ2n) is 6.76. The molecular weight excluding hydrogens is 318 g/mol. The first kappa shape index (κ1) is 17.4. The molecule has 5 nitrogen and oxygen atoms in total. The topological polar surface area (TPSA) is 36.9 Å². The molecular formula is C20H26NO4+. The van der Waals surface area contributed by atoms with Crippen LogP contribution in [-0.2, 0) is 19.6 Å². The van der Waals surface area contributed by atoms with Crippen molar-refractivity contribution in [3.05, 3.63) is 47.0 Å². The van der Waals surface area contributed by atoms with E-state index in [2.05, 4.69) is 31.3 Å². The van der Waals surface area contributed by atoms with Gasteiger partial charge in [-0.15, -0.1) is 0 Å². The molecule has 0 aliphatic carbocycles. The molecule has 2 aromatic rings. The smallest absolute Gasteiger partial charge is 0.161 e. The van der Waals surface area contributed by atoms with E-state index >= 15 is 0 Å². The molecule has 0 spiro atoms. The summed E-state index contributed by atoms with van der Waals surface area (Å²) in [5, 5.41) is 0. The van der Waals surface area contributed by atoms with Crippen molar-refractivity contribution in [2.24, 2.45) is 0 Å². The van der Waals surface area contributed by atoms with E-state index in [1.165, 1.54) is 16.7 Å². The van der Waals surface area contributed by atoms with E-state index in [0.29, 0.717) is 0 Å². The number of methoxy groups -OCH3 is 4. The van der Waals surface area contributed by atoms with Gasteiger partial charge in [-0.1, -0.05) is 0 Å². The summed E-state index contributed by atoms with van der Waals surface area (Å²) < 4.78 is 22.5. The molecule has 0 amide bonds. The molecule has 3 rings (SSSR count). The van der Waals surface area contributed by atoms with Crippen LogP contribution < -0.4 is 18.9 Å². The average molecular weight is 344 g/mol. The summed E-state index contributed by atoms with van der Waals surface area (Å²) >= 11 is 0. The van der Waals surface area contributed by atoms with Crippen molar-refractivity contribution in [2.75, 3.05) is 35.5 Å². The molecule has 0 saturated carbocycles. The van der Waals surface area contributed by atoms with Gasteiger partial charge in [0, 0.05) is 16.7 Å².